The van der Waals surface area contributed by atoms with Crippen molar-refractivity contribution in [2.24, 2.45) is 0 Å². The van der Waals surface area contributed by atoms with Crippen LogP contribution < -0.4 is 10.1 Å². The molecule has 2 heterocycles. The Balaban J connectivity index is 1.49. The fraction of sp³-hybridized carbons (Fsp3) is 0.200. The quantitative estimate of drug-likeness (QED) is 0.323. The molecule has 1 fully saturated rings. The van der Waals surface area contributed by atoms with Gasteiger partial charge in [0.05, 0.1) is 4.92 Å². The second kappa shape index (κ2) is 8.13. The number of amides is 3. The highest BCUT2D eigenvalue weighted by Gasteiger charge is 2.49. The number of rotatable bonds is 6. The van der Waals surface area contributed by atoms with Crippen LogP contribution in [0.1, 0.15) is 18.4 Å². The summed E-state index contributed by atoms with van der Waals surface area (Å²) in [5, 5.41) is 17.0. The number of hydrogen-bond acceptors (Lipinski definition) is 8. The van der Waals surface area contributed by atoms with Crippen LogP contribution in [0.25, 0.3) is 11.4 Å². The van der Waals surface area contributed by atoms with Gasteiger partial charge in [-0.1, -0.05) is 17.3 Å². The molecule has 176 valence electrons. The SMILES string of the molecule is CC1(c2ccc(OC(F)(F)F)cc2)NC(=O)N(Cc2nc(-c3ccc([N+](=O)[O-])cc3)no2)C1=O. The fourth-order valence-electron chi connectivity index (χ4n) is 3.33. The maximum Gasteiger partial charge on any atom is 0.573 e. The van der Waals surface area contributed by atoms with Crippen LogP contribution >= 0.6 is 0 Å². The van der Waals surface area contributed by atoms with Crippen molar-refractivity contribution in [1.82, 2.24) is 20.4 Å². The van der Waals surface area contributed by atoms with Crippen LogP contribution in [-0.4, -0.2) is 38.3 Å². The lowest BCUT2D eigenvalue weighted by Crippen LogP contribution is -2.40. The normalized spacial score (nSPS) is 18.2. The standard InChI is InChI=1S/C20H14F3N5O6/c1-19(12-4-8-14(9-5-12)33-20(21,22)23)17(29)27(18(30)25-19)10-15-24-16(26-34-15)11-2-6-13(7-3-11)28(31)32/h2-9H,10H2,1H3,(H,25,30). The number of benzene rings is 2. The minimum absolute atomic E-state index is 0.0740. The first-order valence-corrected chi connectivity index (χ1v) is 9.54. The van der Waals surface area contributed by atoms with Crippen LogP contribution in [0.4, 0.5) is 23.7 Å². The van der Waals surface area contributed by atoms with E-state index in [9.17, 15) is 32.9 Å². The number of nitrogens with zero attached hydrogens (tertiary/aromatic N) is 4. The Bertz CT molecular complexity index is 1260. The third kappa shape index (κ3) is 4.37. The minimum atomic E-state index is -4.86. The van der Waals surface area contributed by atoms with Crippen LogP contribution in [0.5, 0.6) is 5.75 Å². The van der Waals surface area contributed by atoms with E-state index in [1.807, 2.05) is 0 Å². The zero-order valence-corrected chi connectivity index (χ0v) is 17.2. The molecule has 3 aromatic rings. The highest BCUT2D eigenvalue weighted by molar-refractivity contribution is 6.07. The molecule has 34 heavy (non-hydrogen) atoms. The largest absolute Gasteiger partial charge is 0.573 e. The maximum atomic E-state index is 13.0. The number of nitro groups is 1. The van der Waals surface area contributed by atoms with Crippen molar-refractivity contribution >= 4 is 17.6 Å². The number of non-ortho nitro benzene ring substituents is 1. The van der Waals surface area contributed by atoms with Crippen molar-refractivity contribution in [3.05, 3.63) is 70.1 Å². The van der Waals surface area contributed by atoms with Gasteiger partial charge in [-0.2, -0.15) is 4.98 Å². The molecule has 0 radical (unpaired) electrons. The van der Waals surface area contributed by atoms with Crippen LogP contribution in [0, 0.1) is 10.1 Å². The summed E-state index contributed by atoms with van der Waals surface area (Å²) in [5.74, 6) is -1.13. The average Bonchev–Trinajstić information content (AvgIpc) is 3.32. The molecule has 4 rings (SSSR count). The van der Waals surface area contributed by atoms with Gasteiger partial charge in [-0.3, -0.25) is 19.8 Å². The van der Waals surface area contributed by atoms with Crippen LogP contribution in [0.15, 0.2) is 53.1 Å². The molecule has 1 N–H and O–H groups in total. The predicted molar refractivity (Wildman–Crippen MR) is 106 cm³/mol. The van der Waals surface area contributed by atoms with E-state index in [0.717, 1.165) is 17.0 Å². The Morgan fingerprint density at radius 3 is 2.38 bits per heavy atom. The summed E-state index contributed by atoms with van der Waals surface area (Å²) in [6, 6.07) is 9.14. The number of nitrogens with one attached hydrogen (secondary N) is 1. The molecule has 1 saturated heterocycles. The van der Waals surface area contributed by atoms with Crippen molar-refractivity contribution in [2.75, 3.05) is 0 Å². The number of hydrogen-bond donors (Lipinski definition) is 1. The fourth-order valence-corrected chi connectivity index (χ4v) is 3.33. The van der Waals surface area contributed by atoms with Crippen LogP contribution in [0.2, 0.25) is 0 Å². The van der Waals surface area contributed by atoms with Crippen molar-refractivity contribution in [1.29, 1.82) is 0 Å². The van der Waals surface area contributed by atoms with Crippen LogP contribution in [0.3, 0.4) is 0 Å². The molecular weight excluding hydrogens is 463 g/mol. The molecule has 1 aliphatic rings. The molecule has 1 aromatic heterocycles. The lowest BCUT2D eigenvalue weighted by atomic mass is 9.92. The summed E-state index contributed by atoms with van der Waals surface area (Å²) in [6.45, 7) is 1.04. The van der Waals surface area contributed by atoms with Gasteiger partial charge in [0.15, 0.2) is 0 Å². The lowest BCUT2D eigenvalue weighted by Gasteiger charge is -2.22. The van der Waals surface area contributed by atoms with Crippen LogP contribution in [-0.2, 0) is 16.9 Å². The van der Waals surface area contributed by atoms with Gasteiger partial charge in [-0.25, -0.2) is 4.79 Å². The second-order valence-corrected chi connectivity index (χ2v) is 7.33. The molecule has 1 unspecified atom stereocenters. The Morgan fingerprint density at radius 1 is 1.15 bits per heavy atom. The molecule has 3 amide bonds. The average molecular weight is 477 g/mol. The smallest absolute Gasteiger partial charge is 0.406 e. The van der Waals surface area contributed by atoms with Gasteiger partial charge in [0.1, 0.15) is 17.8 Å². The van der Waals surface area contributed by atoms with Crippen molar-refractivity contribution in [3.63, 3.8) is 0 Å². The lowest BCUT2D eigenvalue weighted by molar-refractivity contribution is -0.384. The van der Waals surface area contributed by atoms with E-state index >= 15 is 0 Å². The van der Waals surface area contributed by atoms with Gasteiger partial charge >= 0.3 is 12.4 Å². The number of carbonyl (C=O) groups is 2. The first-order chi connectivity index (χ1) is 16.0. The zero-order valence-electron chi connectivity index (χ0n) is 17.2. The maximum absolute atomic E-state index is 13.0. The van der Waals surface area contributed by atoms with E-state index in [4.69, 9.17) is 4.52 Å². The molecule has 2 aromatic carbocycles. The van der Waals surface area contributed by atoms with E-state index in [-0.39, 0.29) is 29.5 Å². The predicted octanol–water partition coefficient (Wildman–Crippen LogP) is 3.51. The van der Waals surface area contributed by atoms with Gasteiger partial charge in [0.2, 0.25) is 11.7 Å². The molecule has 11 nitrogen and oxygen atoms in total. The van der Waals surface area contributed by atoms with E-state index in [1.165, 1.54) is 43.3 Å². The molecule has 0 aliphatic carbocycles. The number of aromatic nitrogens is 2. The summed E-state index contributed by atoms with van der Waals surface area (Å²) in [6.07, 6.45) is -4.86. The molecule has 0 spiro atoms. The van der Waals surface area contributed by atoms with Crippen molar-refractivity contribution < 1.29 is 36.9 Å². The van der Waals surface area contributed by atoms with Crippen molar-refractivity contribution in [3.8, 4) is 17.1 Å². The topological polar surface area (TPSA) is 141 Å². The van der Waals surface area contributed by atoms with Gasteiger partial charge in [0, 0.05) is 17.7 Å². The Hall–Kier alpha value is -4.49. The highest BCUT2D eigenvalue weighted by Crippen LogP contribution is 2.32. The van der Waals surface area contributed by atoms with Gasteiger partial charge in [0.25, 0.3) is 11.6 Å². The summed E-state index contributed by atoms with van der Waals surface area (Å²) in [7, 11) is 0. The number of alkyl halides is 3. The summed E-state index contributed by atoms with van der Waals surface area (Å²) >= 11 is 0. The minimum Gasteiger partial charge on any atom is -0.406 e. The van der Waals surface area contributed by atoms with E-state index in [2.05, 4.69) is 20.2 Å². The molecule has 0 bridgehead atoms. The Morgan fingerprint density at radius 2 is 1.79 bits per heavy atom. The molecule has 1 aliphatic heterocycles. The number of carbonyl (C=O) groups excluding carboxylic acids is 2. The second-order valence-electron chi connectivity index (χ2n) is 7.33. The van der Waals surface area contributed by atoms with E-state index < -0.39 is 34.5 Å². The number of ether oxygens (including phenoxy) is 1. The van der Waals surface area contributed by atoms with E-state index in [1.54, 1.807) is 0 Å². The Kier molecular flexibility index (Phi) is 5.43. The number of nitro benzene ring substituents is 1. The molecular formula is C20H14F3N5O6. The number of halogens is 3. The summed E-state index contributed by atoms with van der Waals surface area (Å²) < 4.78 is 46.0. The Labute approximate surface area is 188 Å². The third-order valence-electron chi connectivity index (χ3n) is 5.04. The monoisotopic (exact) mass is 477 g/mol. The highest BCUT2D eigenvalue weighted by atomic mass is 19.4. The van der Waals surface area contributed by atoms with E-state index in [0.29, 0.717) is 5.56 Å². The first-order valence-electron chi connectivity index (χ1n) is 9.54. The van der Waals surface area contributed by atoms with Gasteiger partial charge in [-0.15, -0.1) is 13.2 Å². The van der Waals surface area contributed by atoms with Gasteiger partial charge in [-0.05, 0) is 36.8 Å². The number of urea groups is 1. The third-order valence-corrected chi connectivity index (χ3v) is 5.04. The number of imide groups is 1. The summed E-state index contributed by atoms with van der Waals surface area (Å²) in [4.78, 5) is 40.6. The molecule has 14 heteroatoms. The molecule has 1 atom stereocenters. The zero-order chi connectivity index (χ0) is 24.7. The first kappa shape index (κ1) is 22.7. The summed E-state index contributed by atoms with van der Waals surface area (Å²) in [5.41, 5.74) is -1.01. The van der Waals surface area contributed by atoms with Crippen molar-refractivity contribution in [2.45, 2.75) is 25.4 Å². The van der Waals surface area contributed by atoms with Gasteiger partial charge < -0.3 is 14.6 Å². The molecule has 0 saturated carbocycles.